The minimum absolute atomic E-state index is 0.0298. The van der Waals surface area contributed by atoms with Gasteiger partial charge in [-0.1, -0.05) is 41.4 Å². The Morgan fingerprint density at radius 2 is 2.00 bits per heavy atom. The third-order valence-electron chi connectivity index (χ3n) is 3.36. The van der Waals surface area contributed by atoms with Gasteiger partial charge in [-0.25, -0.2) is 0 Å². The van der Waals surface area contributed by atoms with Crippen molar-refractivity contribution in [1.29, 1.82) is 0 Å². The molecule has 0 N–H and O–H groups in total. The first-order valence-corrected chi connectivity index (χ1v) is 7.12. The summed E-state index contributed by atoms with van der Waals surface area (Å²) >= 11 is 11.8. The van der Waals surface area contributed by atoms with E-state index in [0.717, 1.165) is 23.3 Å². The quantitative estimate of drug-likeness (QED) is 0.788. The van der Waals surface area contributed by atoms with E-state index >= 15 is 0 Å². The molecule has 20 heavy (non-hydrogen) atoms. The van der Waals surface area contributed by atoms with Crippen LogP contribution in [0.15, 0.2) is 36.4 Å². The second-order valence-corrected chi connectivity index (χ2v) is 5.56. The fourth-order valence-corrected chi connectivity index (χ4v) is 2.69. The van der Waals surface area contributed by atoms with Crippen molar-refractivity contribution in [2.75, 3.05) is 6.61 Å². The molecule has 2 aromatic rings. The molecule has 0 saturated carbocycles. The van der Waals surface area contributed by atoms with Gasteiger partial charge < -0.3 is 4.74 Å². The van der Waals surface area contributed by atoms with Crippen molar-refractivity contribution >= 4 is 29.0 Å². The number of fused-ring (bicyclic) bond motifs is 1. The highest BCUT2D eigenvalue weighted by molar-refractivity contribution is 6.42. The van der Waals surface area contributed by atoms with Crippen LogP contribution >= 0.6 is 23.2 Å². The molecule has 0 spiro atoms. The van der Waals surface area contributed by atoms with Crippen LogP contribution in [0.1, 0.15) is 21.5 Å². The number of hydrogen-bond donors (Lipinski definition) is 0. The van der Waals surface area contributed by atoms with Crippen LogP contribution in [-0.2, 0) is 12.8 Å². The van der Waals surface area contributed by atoms with Crippen LogP contribution in [0.3, 0.4) is 0 Å². The molecule has 2 aromatic carbocycles. The van der Waals surface area contributed by atoms with Crippen LogP contribution in [0.4, 0.5) is 0 Å². The number of ketones is 1. The standard InChI is InChI=1S/C16H12Cl2O2/c17-13-5-4-10(8-14(13)18)9-15(19)12-3-1-2-11-6-7-20-16(11)12/h1-5,8H,6-7,9H2. The Balaban J connectivity index is 1.87. The molecular weight excluding hydrogens is 295 g/mol. The van der Waals surface area contributed by atoms with E-state index < -0.39 is 0 Å². The zero-order valence-corrected chi connectivity index (χ0v) is 12.2. The molecule has 2 nitrogen and oxygen atoms in total. The Kier molecular flexibility index (Phi) is 3.68. The number of halogens is 2. The molecule has 0 fully saturated rings. The lowest BCUT2D eigenvalue weighted by atomic mass is 10.00. The molecular formula is C16H12Cl2O2. The first-order chi connectivity index (χ1) is 9.65. The normalized spacial score (nSPS) is 12.9. The van der Waals surface area contributed by atoms with Gasteiger partial charge in [-0.2, -0.15) is 0 Å². The molecule has 0 unspecified atom stereocenters. The maximum Gasteiger partial charge on any atom is 0.170 e. The summed E-state index contributed by atoms with van der Waals surface area (Å²) in [5.74, 6) is 0.764. The van der Waals surface area contributed by atoms with E-state index in [-0.39, 0.29) is 12.2 Å². The summed E-state index contributed by atoms with van der Waals surface area (Å²) in [5.41, 5.74) is 2.59. The summed E-state index contributed by atoms with van der Waals surface area (Å²) in [7, 11) is 0. The lowest BCUT2D eigenvalue weighted by Gasteiger charge is -2.07. The average Bonchev–Trinajstić information content (AvgIpc) is 2.91. The van der Waals surface area contributed by atoms with Gasteiger partial charge in [0.15, 0.2) is 5.78 Å². The second-order valence-electron chi connectivity index (χ2n) is 4.74. The van der Waals surface area contributed by atoms with Gasteiger partial charge in [0.25, 0.3) is 0 Å². The van der Waals surface area contributed by atoms with Crippen molar-refractivity contribution in [2.45, 2.75) is 12.8 Å². The number of benzene rings is 2. The van der Waals surface area contributed by atoms with E-state index in [1.165, 1.54) is 0 Å². The van der Waals surface area contributed by atoms with Gasteiger partial charge >= 0.3 is 0 Å². The highest BCUT2D eigenvalue weighted by Crippen LogP contribution is 2.30. The van der Waals surface area contributed by atoms with Crippen LogP contribution in [-0.4, -0.2) is 12.4 Å². The van der Waals surface area contributed by atoms with E-state index in [1.54, 1.807) is 12.1 Å². The highest BCUT2D eigenvalue weighted by atomic mass is 35.5. The van der Waals surface area contributed by atoms with Crippen molar-refractivity contribution in [2.24, 2.45) is 0 Å². The van der Waals surface area contributed by atoms with Crippen molar-refractivity contribution in [3.8, 4) is 5.75 Å². The fraction of sp³-hybridized carbons (Fsp3) is 0.188. The minimum atomic E-state index is 0.0298. The van der Waals surface area contributed by atoms with E-state index in [1.807, 2.05) is 24.3 Å². The van der Waals surface area contributed by atoms with E-state index in [2.05, 4.69) is 0 Å². The number of ether oxygens (including phenoxy) is 1. The average molecular weight is 307 g/mol. The van der Waals surface area contributed by atoms with Crippen LogP contribution in [0, 0.1) is 0 Å². The molecule has 102 valence electrons. The predicted molar refractivity (Wildman–Crippen MR) is 80.1 cm³/mol. The Morgan fingerprint density at radius 1 is 1.15 bits per heavy atom. The fourth-order valence-electron chi connectivity index (χ4n) is 2.36. The van der Waals surface area contributed by atoms with Gasteiger partial charge in [0.2, 0.25) is 0 Å². The molecule has 4 heteroatoms. The molecule has 0 amide bonds. The zero-order chi connectivity index (χ0) is 14.1. The van der Waals surface area contributed by atoms with Crippen molar-refractivity contribution in [3.63, 3.8) is 0 Å². The van der Waals surface area contributed by atoms with Crippen molar-refractivity contribution in [3.05, 3.63) is 63.1 Å². The lowest BCUT2D eigenvalue weighted by molar-refractivity contribution is 0.0990. The molecule has 0 atom stereocenters. The summed E-state index contributed by atoms with van der Waals surface area (Å²) in [4.78, 5) is 12.4. The molecule has 1 aliphatic heterocycles. The van der Waals surface area contributed by atoms with Gasteiger partial charge in [0.05, 0.1) is 22.2 Å². The van der Waals surface area contributed by atoms with E-state index in [9.17, 15) is 4.79 Å². The van der Waals surface area contributed by atoms with Crippen molar-refractivity contribution in [1.82, 2.24) is 0 Å². The van der Waals surface area contributed by atoms with Crippen LogP contribution in [0.5, 0.6) is 5.75 Å². The Bertz CT molecular complexity index is 680. The molecule has 0 saturated heterocycles. The molecule has 1 heterocycles. The van der Waals surface area contributed by atoms with Crippen molar-refractivity contribution < 1.29 is 9.53 Å². The highest BCUT2D eigenvalue weighted by Gasteiger charge is 2.20. The van der Waals surface area contributed by atoms with Crippen LogP contribution in [0.25, 0.3) is 0 Å². The number of carbonyl (C=O) groups is 1. The Hall–Kier alpha value is -1.51. The lowest BCUT2D eigenvalue weighted by Crippen LogP contribution is -2.05. The maximum atomic E-state index is 12.4. The zero-order valence-electron chi connectivity index (χ0n) is 10.7. The minimum Gasteiger partial charge on any atom is -0.492 e. The molecule has 0 aliphatic carbocycles. The largest absolute Gasteiger partial charge is 0.492 e. The predicted octanol–water partition coefficient (Wildman–Crippen LogP) is 4.35. The number of rotatable bonds is 3. The molecule has 0 aromatic heterocycles. The van der Waals surface area contributed by atoms with Gasteiger partial charge in [-0.05, 0) is 29.3 Å². The monoisotopic (exact) mass is 306 g/mol. The number of carbonyl (C=O) groups excluding carboxylic acids is 1. The van der Waals surface area contributed by atoms with Crippen LogP contribution < -0.4 is 4.74 Å². The summed E-state index contributed by atoms with van der Waals surface area (Å²) in [6.45, 7) is 0.645. The third-order valence-corrected chi connectivity index (χ3v) is 4.10. The molecule has 1 aliphatic rings. The summed E-state index contributed by atoms with van der Waals surface area (Å²) in [5, 5.41) is 0.957. The van der Waals surface area contributed by atoms with Crippen LogP contribution in [0.2, 0.25) is 10.0 Å². The molecule has 0 radical (unpaired) electrons. The molecule has 3 rings (SSSR count). The summed E-state index contributed by atoms with van der Waals surface area (Å²) < 4.78 is 5.56. The number of para-hydroxylation sites is 1. The maximum absolute atomic E-state index is 12.4. The number of Topliss-reactive ketones (excluding diaryl/α,β-unsaturated/α-hetero) is 1. The SMILES string of the molecule is O=C(Cc1ccc(Cl)c(Cl)c1)c1cccc2c1OCC2. The second kappa shape index (κ2) is 5.47. The van der Waals surface area contributed by atoms with Gasteiger partial charge in [0, 0.05) is 12.8 Å². The topological polar surface area (TPSA) is 26.3 Å². The molecule has 0 bridgehead atoms. The van der Waals surface area contributed by atoms with Gasteiger partial charge in [-0.15, -0.1) is 0 Å². The smallest absolute Gasteiger partial charge is 0.170 e. The Morgan fingerprint density at radius 3 is 2.80 bits per heavy atom. The first-order valence-electron chi connectivity index (χ1n) is 6.37. The van der Waals surface area contributed by atoms with E-state index in [4.69, 9.17) is 27.9 Å². The van der Waals surface area contributed by atoms with Gasteiger partial charge in [0.1, 0.15) is 5.75 Å². The summed E-state index contributed by atoms with van der Waals surface area (Å²) in [6, 6.07) is 11.0. The summed E-state index contributed by atoms with van der Waals surface area (Å²) in [6.07, 6.45) is 1.15. The Labute approximate surface area is 127 Å². The van der Waals surface area contributed by atoms with E-state index in [0.29, 0.717) is 22.2 Å². The van der Waals surface area contributed by atoms with Gasteiger partial charge in [-0.3, -0.25) is 4.79 Å². The first kappa shape index (κ1) is 13.5. The third kappa shape index (κ3) is 2.54. The number of hydrogen-bond acceptors (Lipinski definition) is 2.